The number of hydrogen-bond acceptors (Lipinski definition) is 6. The Morgan fingerprint density at radius 3 is 2.59 bits per heavy atom. The van der Waals surface area contributed by atoms with Crippen LogP contribution < -0.4 is 15.2 Å². The van der Waals surface area contributed by atoms with Gasteiger partial charge in [-0.15, -0.1) is 0 Å². The molecule has 0 aliphatic heterocycles. The maximum atomic E-state index is 12.4. The summed E-state index contributed by atoms with van der Waals surface area (Å²) in [5, 5.41) is 12.2. The zero-order chi connectivity index (χ0) is 22.7. The van der Waals surface area contributed by atoms with Gasteiger partial charge in [0.25, 0.3) is 0 Å². The molecule has 0 N–H and O–H groups in total. The maximum absolute atomic E-state index is 12.4. The number of methoxy groups -OCH3 is 1. The van der Waals surface area contributed by atoms with Crippen molar-refractivity contribution in [2.24, 2.45) is 7.05 Å². The Morgan fingerprint density at radius 1 is 1.06 bits per heavy atom. The van der Waals surface area contributed by atoms with Crippen LogP contribution >= 0.6 is 0 Å². The molecule has 0 saturated heterocycles. The van der Waals surface area contributed by atoms with Crippen molar-refractivity contribution in [3.63, 3.8) is 0 Å². The highest BCUT2D eigenvalue weighted by atomic mass is 16.5. The molecule has 0 fully saturated rings. The summed E-state index contributed by atoms with van der Waals surface area (Å²) < 4.78 is 16.0. The van der Waals surface area contributed by atoms with Gasteiger partial charge in [-0.05, 0) is 59.2 Å². The van der Waals surface area contributed by atoms with Crippen LogP contribution in [0.4, 0.5) is 0 Å². The first-order chi connectivity index (χ1) is 15.5. The van der Waals surface area contributed by atoms with E-state index in [9.17, 15) is 4.79 Å². The molecule has 0 aliphatic carbocycles. The quantitative estimate of drug-likeness (QED) is 0.423. The van der Waals surface area contributed by atoms with E-state index in [1.807, 2.05) is 36.0 Å². The lowest BCUT2D eigenvalue weighted by Gasteiger charge is -2.15. The molecule has 4 rings (SSSR count). The third-order valence-electron chi connectivity index (χ3n) is 5.24. The summed E-state index contributed by atoms with van der Waals surface area (Å²) in [6.45, 7) is 5.24. The van der Waals surface area contributed by atoms with Gasteiger partial charge < -0.3 is 9.47 Å². The second-order valence-electron chi connectivity index (χ2n) is 7.52. The van der Waals surface area contributed by atoms with Crippen molar-refractivity contribution in [2.45, 2.75) is 33.4 Å². The molecule has 0 aliphatic rings. The number of aromatic nitrogens is 6. The Kier molecular flexibility index (Phi) is 6.07. The summed E-state index contributed by atoms with van der Waals surface area (Å²) in [5.41, 5.74) is 4.09. The van der Waals surface area contributed by atoms with Crippen LogP contribution in [0, 0.1) is 6.92 Å². The van der Waals surface area contributed by atoms with Crippen LogP contribution in [-0.2, 0) is 20.2 Å². The Morgan fingerprint density at radius 2 is 1.91 bits per heavy atom. The molecule has 2 aromatic carbocycles. The number of hydrogen-bond donors (Lipinski definition) is 0. The maximum Gasteiger partial charge on any atom is 0.368 e. The average molecular weight is 435 g/mol. The van der Waals surface area contributed by atoms with Crippen LogP contribution in [0.5, 0.6) is 11.5 Å². The van der Waals surface area contributed by atoms with Crippen molar-refractivity contribution in [3.8, 4) is 28.3 Å². The SMILES string of the molecule is CCCn1cc(-c2ccc(OCc3c(OC)cccc3-n3nnn(C)c3=O)c(C)c2)cn1. The van der Waals surface area contributed by atoms with E-state index in [4.69, 9.17) is 9.47 Å². The van der Waals surface area contributed by atoms with Gasteiger partial charge in [-0.25, -0.2) is 4.79 Å². The van der Waals surface area contributed by atoms with Gasteiger partial charge in [-0.1, -0.05) is 19.1 Å². The molecule has 0 atom stereocenters. The standard InChI is InChI=1S/C23H26N6O3/c1-5-11-28-14-18(13-24-28)17-9-10-21(16(2)12-17)32-15-19-20(7-6-8-22(19)31-4)29-23(30)27(3)25-26-29/h6-10,12-14H,5,11,15H2,1-4H3. The fraction of sp³-hybridized carbons (Fsp3) is 0.304. The smallest absolute Gasteiger partial charge is 0.368 e. The minimum absolute atomic E-state index is 0.205. The van der Waals surface area contributed by atoms with Crippen LogP contribution in [0.1, 0.15) is 24.5 Å². The van der Waals surface area contributed by atoms with E-state index >= 15 is 0 Å². The molecule has 0 saturated carbocycles. The zero-order valence-corrected chi connectivity index (χ0v) is 18.6. The molecule has 2 heterocycles. The van der Waals surface area contributed by atoms with Crippen molar-refractivity contribution in [2.75, 3.05) is 7.11 Å². The van der Waals surface area contributed by atoms with E-state index in [2.05, 4.69) is 34.7 Å². The first kappa shape index (κ1) is 21.4. The molecular formula is C23H26N6O3. The molecule has 4 aromatic rings. The number of tetrazole rings is 1. The number of rotatable bonds is 8. The van der Waals surface area contributed by atoms with Crippen LogP contribution in [-0.4, -0.2) is 36.7 Å². The molecule has 9 nitrogen and oxygen atoms in total. The first-order valence-corrected chi connectivity index (χ1v) is 10.4. The average Bonchev–Trinajstić information content (AvgIpc) is 3.40. The Hall–Kier alpha value is -3.88. The van der Waals surface area contributed by atoms with E-state index < -0.39 is 0 Å². The van der Waals surface area contributed by atoms with Crippen molar-refractivity contribution in [3.05, 3.63) is 70.4 Å². The third kappa shape index (κ3) is 4.14. The van der Waals surface area contributed by atoms with Crippen molar-refractivity contribution in [1.82, 2.24) is 29.6 Å². The predicted octanol–water partition coefficient (Wildman–Crippen LogP) is 3.14. The lowest BCUT2D eigenvalue weighted by atomic mass is 10.1. The molecule has 32 heavy (non-hydrogen) atoms. The minimum atomic E-state index is -0.344. The molecular weight excluding hydrogens is 408 g/mol. The van der Waals surface area contributed by atoms with Crippen LogP contribution in [0.15, 0.2) is 53.6 Å². The highest BCUT2D eigenvalue weighted by Gasteiger charge is 2.16. The molecule has 0 radical (unpaired) electrons. The largest absolute Gasteiger partial charge is 0.496 e. The lowest BCUT2D eigenvalue weighted by molar-refractivity contribution is 0.294. The molecule has 0 bridgehead atoms. The zero-order valence-electron chi connectivity index (χ0n) is 18.6. The lowest BCUT2D eigenvalue weighted by Crippen LogP contribution is -2.23. The minimum Gasteiger partial charge on any atom is -0.496 e. The molecule has 0 spiro atoms. The topological polar surface area (TPSA) is 89.0 Å². The number of ether oxygens (including phenoxy) is 2. The summed E-state index contributed by atoms with van der Waals surface area (Å²) in [6.07, 6.45) is 4.97. The van der Waals surface area contributed by atoms with Gasteiger partial charge in [0.1, 0.15) is 18.1 Å². The van der Waals surface area contributed by atoms with Crippen molar-refractivity contribution >= 4 is 0 Å². The van der Waals surface area contributed by atoms with E-state index in [-0.39, 0.29) is 12.3 Å². The Bertz CT molecular complexity index is 1290. The van der Waals surface area contributed by atoms with Gasteiger partial charge in [0, 0.05) is 25.4 Å². The highest BCUT2D eigenvalue weighted by Crippen LogP contribution is 2.29. The molecule has 166 valence electrons. The van der Waals surface area contributed by atoms with Gasteiger partial charge in [-0.2, -0.15) is 14.5 Å². The summed E-state index contributed by atoms with van der Waals surface area (Å²) >= 11 is 0. The van der Waals surface area contributed by atoms with E-state index in [0.29, 0.717) is 17.0 Å². The second-order valence-corrected chi connectivity index (χ2v) is 7.52. The van der Waals surface area contributed by atoms with Gasteiger partial charge in [-0.3, -0.25) is 4.68 Å². The molecule has 9 heteroatoms. The van der Waals surface area contributed by atoms with Crippen molar-refractivity contribution < 1.29 is 9.47 Å². The molecule has 2 aromatic heterocycles. The number of benzene rings is 2. The van der Waals surface area contributed by atoms with E-state index in [0.717, 1.165) is 35.4 Å². The molecule has 0 amide bonds. The summed E-state index contributed by atoms with van der Waals surface area (Å²) in [5.74, 6) is 1.36. The fourth-order valence-electron chi connectivity index (χ4n) is 3.56. The molecule has 0 unspecified atom stereocenters. The van der Waals surface area contributed by atoms with Gasteiger partial charge in [0.2, 0.25) is 0 Å². The monoisotopic (exact) mass is 434 g/mol. The summed E-state index contributed by atoms with van der Waals surface area (Å²) in [4.78, 5) is 12.4. The third-order valence-corrected chi connectivity index (χ3v) is 5.24. The van der Waals surface area contributed by atoms with Crippen LogP contribution in [0.3, 0.4) is 0 Å². The number of nitrogens with zero attached hydrogens (tertiary/aromatic N) is 6. The normalized spacial score (nSPS) is 11.0. The first-order valence-electron chi connectivity index (χ1n) is 10.4. The highest BCUT2D eigenvalue weighted by molar-refractivity contribution is 5.64. The van der Waals surface area contributed by atoms with E-state index in [1.165, 1.54) is 9.36 Å². The predicted molar refractivity (Wildman–Crippen MR) is 120 cm³/mol. The second kappa shape index (κ2) is 9.09. The van der Waals surface area contributed by atoms with Crippen LogP contribution in [0.25, 0.3) is 16.8 Å². The van der Waals surface area contributed by atoms with Gasteiger partial charge in [0.05, 0.1) is 24.6 Å². The Balaban J connectivity index is 1.60. The van der Waals surface area contributed by atoms with Crippen molar-refractivity contribution in [1.29, 1.82) is 0 Å². The van der Waals surface area contributed by atoms with Gasteiger partial charge in [0.15, 0.2) is 0 Å². The fourth-order valence-corrected chi connectivity index (χ4v) is 3.56. The van der Waals surface area contributed by atoms with Gasteiger partial charge >= 0.3 is 5.69 Å². The van der Waals surface area contributed by atoms with Crippen LogP contribution in [0.2, 0.25) is 0 Å². The summed E-state index contributed by atoms with van der Waals surface area (Å²) in [6, 6.07) is 11.5. The van der Waals surface area contributed by atoms with E-state index in [1.54, 1.807) is 26.3 Å². The number of aryl methyl sites for hydroxylation is 3. The Labute approximate surface area is 185 Å². The summed E-state index contributed by atoms with van der Waals surface area (Å²) in [7, 11) is 3.14.